The Labute approximate surface area is 113 Å². The minimum absolute atomic E-state index is 0.448. The highest BCUT2D eigenvalue weighted by Crippen LogP contribution is 2.24. The second-order valence-electron chi connectivity index (χ2n) is 5.06. The predicted octanol–water partition coefficient (Wildman–Crippen LogP) is 1.12. The zero-order chi connectivity index (χ0) is 13.8. The Morgan fingerprint density at radius 2 is 2.32 bits per heavy atom. The Hall–Kier alpha value is -1.75. The van der Waals surface area contributed by atoms with Crippen molar-refractivity contribution >= 4 is 17.3 Å². The number of nitrogen functional groups attached to an aromatic ring is 1. The second kappa shape index (κ2) is 5.93. The van der Waals surface area contributed by atoms with E-state index in [0.717, 1.165) is 26.2 Å². The van der Waals surface area contributed by atoms with Gasteiger partial charge < -0.3 is 21.7 Å². The molecule has 1 amide bonds. The number of amides is 1. The molecule has 0 saturated carbocycles. The highest BCUT2D eigenvalue weighted by molar-refractivity contribution is 6.01. The summed E-state index contributed by atoms with van der Waals surface area (Å²) in [4.78, 5) is 13.8. The molecule has 0 aromatic heterocycles. The smallest absolute Gasteiger partial charge is 0.250 e. The molecule has 19 heavy (non-hydrogen) atoms. The molecule has 1 aromatic carbocycles. The van der Waals surface area contributed by atoms with Crippen LogP contribution in [0.2, 0.25) is 0 Å². The van der Waals surface area contributed by atoms with E-state index in [9.17, 15) is 4.79 Å². The maximum absolute atomic E-state index is 11.4. The van der Waals surface area contributed by atoms with Gasteiger partial charge in [-0.3, -0.25) is 4.79 Å². The topological polar surface area (TPSA) is 84.4 Å². The molecule has 1 heterocycles. The summed E-state index contributed by atoms with van der Waals surface area (Å²) in [6, 6.07) is 5.23. The average Bonchev–Trinajstić information content (AvgIpc) is 2.85. The summed E-state index contributed by atoms with van der Waals surface area (Å²) in [5.74, 6) is 0.150. The van der Waals surface area contributed by atoms with Gasteiger partial charge in [0.15, 0.2) is 0 Å². The molecule has 1 aliphatic heterocycles. The van der Waals surface area contributed by atoms with Crippen LogP contribution in [0.25, 0.3) is 0 Å². The van der Waals surface area contributed by atoms with E-state index in [4.69, 9.17) is 11.5 Å². The zero-order valence-corrected chi connectivity index (χ0v) is 11.4. The van der Waals surface area contributed by atoms with Crippen LogP contribution >= 0.6 is 0 Å². The van der Waals surface area contributed by atoms with E-state index >= 15 is 0 Å². The van der Waals surface area contributed by atoms with Gasteiger partial charge >= 0.3 is 0 Å². The van der Waals surface area contributed by atoms with Crippen LogP contribution in [0.3, 0.4) is 0 Å². The van der Waals surface area contributed by atoms with Crippen LogP contribution in [0, 0.1) is 5.92 Å². The van der Waals surface area contributed by atoms with E-state index in [2.05, 4.69) is 17.1 Å². The summed E-state index contributed by atoms with van der Waals surface area (Å²) >= 11 is 0. The lowest BCUT2D eigenvalue weighted by Gasteiger charge is -2.17. The van der Waals surface area contributed by atoms with Crippen LogP contribution in [0.5, 0.6) is 0 Å². The number of rotatable bonds is 5. The maximum Gasteiger partial charge on any atom is 0.250 e. The third-order valence-corrected chi connectivity index (χ3v) is 3.75. The van der Waals surface area contributed by atoms with E-state index < -0.39 is 5.91 Å². The van der Waals surface area contributed by atoms with Crippen LogP contribution in [-0.4, -0.2) is 37.0 Å². The van der Waals surface area contributed by atoms with Gasteiger partial charge in [-0.25, -0.2) is 0 Å². The summed E-state index contributed by atoms with van der Waals surface area (Å²) in [7, 11) is 0. The Morgan fingerprint density at radius 3 is 2.95 bits per heavy atom. The molecule has 104 valence electrons. The van der Waals surface area contributed by atoms with Crippen molar-refractivity contribution in [1.82, 2.24) is 4.90 Å². The molecule has 0 aliphatic carbocycles. The molecule has 5 N–H and O–H groups in total. The van der Waals surface area contributed by atoms with Gasteiger partial charge in [0.1, 0.15) is 0 Å². The van der Waals surface area contributed by atoms with E-state index in [1.54, 1.807) is 18.2 Å². The molecule has 1 unspecified atom stereocenters. The molecule has 1 aliphatic rings. The number of hydrogen-bond donors (Lipinski definition) is 3. The van der Waals surface area contributed by atoms with Crippen LogP contribution in [0.15, 0.2) is 18.2 Å². The lowest BCUT2D eigenvalue weighted by atomic mass is 10.1. The normalized spacial score (nSPS) is 19.5. The van der Waals surface area contributed by atoms with Gasteiger partial charge in [-0.1, -0.05) is 13.0 Å². The molecular weight excluding hydrogens is 240 g/mol. The quantitative estimate of drug-likeness (QED) is 0.694. The van der Waals surface area contributed by atoms with E-state index in [1.807, 2.05) is 0 Å². The molecule has 1 aromatic rings. The molecule has 5 heteroatoms. The van der Waals surface area contributed by atoms with E-state index in [0.29, 0.717) is 22.9 Å². The first-order valence-corrected chi connectivity index (χ1v) is 6.76. The number of nitrogens with zero attached hydrogens (tertiary/aromatic N) is 1. The van der Waals surface area contributed by atoms with Gasteiger partial charge in [-0.2, -0.15) is 0 Å². The summed E-state index contributed by atoms with van der Waals surface area (Å²) in [6.45, 7) is 6.34. The Morgan fingerprint density at radius 1 is 1.53 bits per heavy atom. The predicted molar refractivity (Wildman–Crippen MR) is 78.1 cm³/mol. The Bertz CT molecular complexity index is 461. The number of carbonyl (C=O) groups is 1. The molecule has 1 atom stereocenters. The fourth-order valence-electron chi connectivity index (χ4n) is 2.59. The van der Waals surface area contributed by atoms with Crippen LogP contribution in [0.1, 0.15) is 23.7 Å². The van der Waals surface area contributed by atoms with Crippen molar-refractivity contribution in [3.63, 3.8) is 0 Å². The highest BCUT2D eigenvalue weighted by atomic mass is 16.1. The SMILES string of the molecule is CCN1CCC(CNc2c(N)cccc2C(N)=O)C1. The largest absolute Gasteiger partial charge is 0.397 e. The molecule has 0 radical (unpaired) electrons. The first-order chi connectivity index (χ1) is 9.11. The fourth-order valence-corrected chi connectivity index (χ4v) is 2.59. The summed E-state index contributed by atoms with van der Waals surface area (Å²) in [5, 5.41) is 3.30. The first-order valence-electron chi connectivity index (χ1n) is 6.76. The third-order valence-electron chi connectivity index (χ3n) is 3.75. The van der Waals surface area contributed by atoms with E-state index in [1.165, 1.54) is 6.42 Å². The van der Waals surface area contributed by atoms with Gasteiger partial charge in [-0.05, 0) is 37.6 Å². The average molecular weight is 262 g/mol. The number of carbonyl (C=O) groups excluding carboxylic acids is 1. The number of benzene rings is 1. The number of likely N-dealkylation sites (tertiary alicyclic amines) is 1. The van der Waals surface area contributed by atoms with Gasteiger partial charge in [0.25, 0.3) is 5.91 Å². The standard InChI is InChI=1S/C14H22N4O/c1-2-18-7-6-10(9-18)8-17-13-11(14(16)19)4-3-5-12(13)15/h3-5,10,17H,2,6-9,15H2,1H3,(H2,16,19). The summed E-state index contributed by atoms with van der Waals surface area (Å²) in [6.07, 6.45) is 1.18. The van der Waals surface area contributed by atoms with Crippen LogP contribution in [0.4, 0.5) is 11.4 Å². The number of primary amides is 1. The lowest BCUT2D eigenvalue weighted by molar-refractivity contribution is 0.100. The third kappa shape index (κ3) is 3.17. The second-order valence-corrected chi connectivity index (χ2v) is 5.06. The maximum atomic E-state index is 11.4. The summed E-state index contributed by atoms with van der Waals surface area (Å²) in [5.41, 5.74) is 13.0. The van der Waals surface area contributed by atoms with Crippen molar-refractivity contribution in [2.24, 2.45) is 11.7 Å². The molecule has 2 rings (SSSR count). The molecule has 0 bridgehead atoms. The van der Waals surface area contributed by atoms with Crippen molar-refractivity contribution < 1.29 is 4.79 Å². The van der Waals surface area contributed by atoms with Crippen LogP contribution < -0.4 is 16.8 Å². The Balaban J connectivity index is 2.02. The number of para-hydroxylation sites is 1. The van der Waals surface area contributed by atoms with Crippen molar-refractivity contribution in [2.45, 2.75) is 13.3 Å². The highest BCUT2D eigenvalue weighted by Gasteiger charge is 2.21. The van der Waals surface area contributed by atoms with Gasteiger partial charge in [0.05, 0.1) is 16.9 Å². The monoisotopic (exact) mass is 262 g/mol. The molecule has 5 nitrogen and oxygen atoms in total. The number of nitrogens with one attached hydrogen (secondary N) is 1. The number of anilines is 2. The van der Waals surface area contributed by atoms with E-state index in [-0.39, 0.29) is 0 Å². The first kappa shape index (κ1) is 13.7. The molecule has 1 saturated heterocycles. The molecular formula is C14H22N4O. The van der Waals surface area contributed by atoms with Gasteiger partial charge in [0.2, 0.25) is 0 Å². The number of nitrogens with two attached hydrogens (primary N) is 2. The van der Waals surface area contributed by atoms with Crippen molar-refractivity contribution in [3.05, 3.63) is 23.8 Å². The summed E-state index contributed by atoms with van der Waals surface area (Å²) < 4.78 is 0. The minimum atomic E-state index is -0.448. The number of hydrogen-bond acceptors (Lipinski definition) is 4. The lowest BCUT2D eigenvalue weighted by Crippen LogP contribution is -2.23. The van der Waals surface area contributed by atoms with Gasteiger partial charge in [0, 0.05) is 13.1 Å². The van der Waals surface area contributed by atoms with Crippen molar-refractivity contribution in [3.8, 4) is 0 Å². The Kier molecular flexibility index (Phi) is 4.27. The fraction of sp³-hybridized carbons (Fsp3) is 0.500. The van der Waals surface area contributed by atoms with Crippen molar-refractivity contribution in [1.29, 1.82) is 0 Å². The minimum Gasteiger partial charge on any atom is -0.397 e. The molecule has 0 spiro atoms. The van der Waals surface area contributed by atoms with Crippen LogP contribution in [-0.2, 0) is 0 Å². The molecule has 1 fully saturated rings. The van der Waals surface area contributed by atoms with Crippen molar-refractivity contribution in [2.75, 3.05) is 37.2 Å². The zero-order valence-electron chi connectivity index (χ0n) is 11.4. The van der Waals surface area contributed by atoms with Gasteiger partial charge in [-0.15, -0.1) is 0 Å².